The van der Waals surface area contributed by atoms with Crippen LogP contribution in [0.25, 0.3) is 0 Å². The van der Waals surface area contributed by atoms with Crippen molar-refractivity contribution < 1.29 is 37.7 Å². The average molecular weight is 762 g/mol. The van der Waals surface area contributed by atoms with E-state index in [4.69, 9.17) is 28.1 Å². The van der Waals surface area contributed by atoms with Crippen molar-refractivity contribution in [2.24, 2.45) is 29.1 Å². The molecule has 1 saturated carbocycles. The Labute approximate surface area is 323 Å². The summed E-state index contributed by atoms with van der Waals surface area (Å²) >= 11 is 0. The molecule has 53 heavy (non-hydrogen) atoms. The summed E-state index contributed by atoms with van der Waals surface area (Å²) in [5.74, 6) is 1.01. The highest BCUT2D eigenvalue weighted by Crippen LogP contribution is 2.61. The van der Waals surface area contributed by atoms with Gasteiger partial charge in [0.05, 0.1) is 18.3 Å². The Morgan fingerprint density at radius 3 is 2.21 bits per heavy atom. The summed E-state index contributed by atoms with van der Waals surface area (Å²) in [7, 11) is 1.17. The van der Waals surface area contributed by atoms with Gasteiger partial charge in [-0.15, -0.1) is 0 Å². The Hall–Kier alpha value is -1.24. The number of rotatable bonds is 20. The Balaban J connectivity index is 1.68. The van der Waals surface area contributed by atoms with E-state index in [1.54, 1.807) is 14.2 Å². The van der Waals surface area contributed by atoms with E-state index >= 15 is 0 Å². The molecule has 1 heterocycles. The number of ketones is 2. The number of methoxy groups -OCH3 is 2. The van der Waals surface area contributed by atoms with Gasteiger partial charge < -0.3 is 28.1 Å². The molecule has 2 fully saturated rings. The third-order valence-corrected chi connectivity index (χ3v) is 19.4. The highest BCUT2D eigenvalue weighted by molar-refractivity contribution is 6.77. The van der Waals surface area contributed by atoms with Gasteiger partial charge in [-0.1, -0.05) is 72.6 Å². The molecular formula is C43H75NO8Si. The molecule has 1 aliphatic heterocycles. The Morgan fingerprint density at radius 2 is 1.62 bits per heavy atom. The summed E-state index contributed by atoms with van der Waals surface area (Å²) in [5.41, 5.74) is 3.97. The van der Waals surface area contributed by atoms with Crippen LogP contribution < -0.4 is 5.32 Å². The Morgan fingerprint density at radius 1 is 0.981 bits per heavy atom. The van der Waals surface area contributed by atoms with Crippen LogP contribution in [-0.2, 0) is 37.7 Å². The van der Waals surface area contributed by atoms with Crippen LogP contribution >= 0.6 is 0 Å². The van der Waals surface area contributed by atoms with Crippen LogP contribution in [0.4, 0.5) is 0 Å². The van der Waals surface area contributed by atoms with Crippen molar-refractivity contribution in [1.82, 2.24) is 5.32 Å². The van der Waals surface area contributed by atoms with E-state index in [1.807, 2.05) is 13.8 Å². The molecule has 3 aliphatic carbocycles. The molecule has 0 aromatic heterocycles. The molecule has 1 saturated heterocycles. The van der Waals surface area contributed by atoms with Crippen molar-refractivity contribution in [1.29, 1.82) is 0 Å². The van der Waals surface area contributed by atoms with Gasteiger partial charge >= 0.3 is 0 Å². The first-order valence-corrected chi connectivity index (χ1v) is 22.8. The first-order valence-electron chi connectivity index (χ1n) is 20.6. The van der Waals surface area contributed by atoms with Crippen LogP contribution in [-0.4, -0.2) is 84.9 Å². The second kappa shape index (κ2) is 18.8. The summed E-state index contributed by atoms with van der Waals surface area (Å²) in [4.78, 5) is 28.2. The zero-order valence-electron chi connectivity index (χ0n) is 35.6. The molecule has 304 valence electrons. The van der Waals surface area contributed by atoms with Crippen molar-refractivity contribution in [3.8, 4) is 0 Å². The third kappa shape index (κ3) is 10.2. The van der Waals surface area contributed by atoms with E-state index in [-0.39, 0.29) is 78.3 Å². The maximum Gasteiger partial charge on any atom is 0.200 e. The lowest BCUT2D eigenvalue weighted by Crippen LogP contribution is -2.58. The van der Waals surface area contributed by atoms with Gasteiger partial charge in [0.15, 0.2) is 14.1 Å². The summed E-state index contributed by atoms with van der Waals surface area (Å²) in [6.45, 7) is 26.4. The van der Waals surface area contributed by atoms with E-state index in [0.29, 0.717) is 55.3 Å². The molecule has 0 bridgehead atoms. The van der Waals surface area contributed by atoms with Crippen LogP contribution in [0.1, 0.15) is 128 Å². The van der Waals surface area contributed by atoms with Crippen molar-refractivity contribution in [2.45, 2.75) is 168 Å². The van der Waals surface area contributed by atoms with E-state index in [9.17, 15) is 9.59 Å². The van der Waals surface area contributed by atoms with E-state index in [2.05, 4.69) is 73.7 Å². The molecule has 4 aliphatic rings. The fourth-order valence-electron chi connectivity index (χ4n) is 11.3. The maximum absolute atomic E-state index is 14.6. The topological polar surface area (TPSA) is 102 Å². The minimum absolute atomic E-state index is 0.00165. The van der Waals surface area contributed by atoms with Gasteiger partial charge in [-0.25, -0.2) is 0 Å². The van der Waals surface area contributed by atoms with Crippen molar-refractivity contribution in [2.75, 3.05) is 41.0 Å². The summed E-state index contributed by atoms with van der Waals surface area (Å²) in [6, 6.07) is 0. The molecule has 0 aromatic carbocycles. The van der Waals surface area contributed by atoms with Crippen LogP contribution in [0, 0.1) is 29.1 Å². The average Bonchev–Trinajstić information content (AvgIpc) is 3.40. The SMILES string of the molecule is COCO[C@H]1C=C(C)C[C@@H]2[C@@H]1C[C@@H](OCOC)[C@@H]1C(CCO[Si](C(C)C)(C(C)C)C(C)C)=C(CCC(=O)C[C@@H](C)C[C@@H]3CNC(C)(C)O3)C(=O)C[C@@]21C. The van der Waals surface area contributed by atoms with E-state index < -0.39 is 8.32 Å². The van der Waals surface area contributed by atoms with Gasteiger partial charge in [0, 0.05) is 52.6 Å². The number of ether oxygens (including phenoxy) is 5. The second-order valence-electron chi connectivity index (χ2n) is 18.6. The molecule has 1 N–H and O–H groups in total. The summed E-state index contributed by atoms with van der Waals surface area (Å²) in [6.07, 6.45) is 7.05. The lowest BCUT2D eigenvalue weighted by molar-refractivity contribution is -0.180. The third-order valence-electron chi connectivity index (χ3n) is 13.3. The van der Waals surface area contributed by atoms with Crippen molar-refractivity contribution in [3.05, 3.63) is 22.8 Å². The fraction of sp³-hybridized carbons (Fsp3) is 0.860. The number of carbonyl (C=O) groups is 2. The molecule has 0 spiro atoms. The van der Waals surface area contributed by atoms with Crippen LogP contribution in [0.5, 0.6) is 0 Å². The summed E-state index contributed by atoms with van der Waals surface area (Å²) < 4.78 is 37.1. The molecule has 0 radical (unpaired) electrons. The highest BCUT2D eigenvalue weighted by Gasteiger charge is 2.59. The zero-order valence-corrected chi connectivity index (χ0v) is 36.6. The second-order valence-corrected chi connectivity index (χ2v) is 24.1. The van der Waals surface area contributed by atoms with Crippen LogP contribution in [0.15, 0.2) is 22.8 Å². The lowest BCUT2D eigenvalue weighted by Gasteiger charge is -2.59. The molecule has 9 nitrogen and oxygen atoms in total. The smallest absolute Gasteiger partial charge is 0.200 e. The van der Waals surface area contributed by atoms with Gasteiger partial charge in [0.25, 0.3) is 0 Å². The lowest BCUT2D eigenvalue weighted by atomic mass is 9.47. The van der Waals surface area contributed by atoms with Gasteiger partial charge in [-0.2, -0.15) is 0 Å². The monoisotopic (exact) mass is 762 g/mol. The van der Waals surface area contributed by atoms with Crippen LogP contribution in [0.2, 0.25) is 16.6 Å². The van der Waals surface area contributed by atoms with Gasteiger partial charge in [0.1, 0.15) is 25.1 Å². The largest absolute Gasteiger partial charge is 0.416 e. The maximum atomic E-state index is 14.6. The molecule has 4 rings (SSSR count). The summed E-state index contributed by atoms with van der Waals surface area (Å²) in [5, 5.41) is 3.41. The number of hydrogen-bond acceptors (Lipinski definition) is 9. The number of fused-ring (bicyclic) bond motifs is 3. The number of Topliss-reactive ketones (excluding diaryl/α,β-unsaturated/α-hetero) is 2. The minimum atomic E-state index is -2.15. The molecule has 0 amide bonds. The predicted molar refractivity (Wildman–Crippen MR) is 213 cm³/mol. The first kappa shape index (κ1) is 44.5. The van der Waals surface area contributed by atoms with Gasteiger partial charge in [-0.3, -0.25) is 14.9 Å². The van der Waals surface area contributed by atoms with Crippen molar-refractivity contribution in [3.63, 3.8) is 0 Å². The Bertz CT molecular complexity index is 1290. The van der Waals surface area contributed by atoms with E-state index in [1.165, 1.54) is 5.57 Å². The Kier molecular flexibility index (Phi) is 15.8. The number of nitrogens with one attached hydrogen (secondary N) is 1. The number of hydrogen-bond donors (Lipinski definition) is 1. The fourth-order valence-corrected chi connectivity index (χ4v) is 16.8. The van der Waals surface area contributed by atoms with Crippen molar-refractivity contribution >= 4 is 19.9 Å². The first-order chi connectivity index (χ1) is 24.9. The van der Waals surface area contributed by atoms with Gasteiger partial charge in [-0.05, 0) is 98.2 Å². The number of carbonyl (C=O) groups excluding carboxylic acids is 2. The zero-order chi connectivity index (χ0) is 39.3. The molecule has 10 heteroatoms. The molecular weight excluding hydrogens is 687 g/mol. The van der Waals surface area contributed by atoms with E-state index in [0.717, 1.165) is 37.0 Å². The van der Waals surface area contributed by atoms with Crippen LogP contribution in [0.3, 0.4) is 0 Å². The number of allylic oxidation sites excluding steroid dienone is 2. The minimum Gasteiger partial charge on any atom is -0.416 e. The molecule has 8 atom stereocenters. The quantitative estimate of drug-likeness (QED) is 0.0741. The highest BCUT2D eigenvalue weighted by atomic mass is 28.4. The standard InChI is InChI=1S/C43H75NO8Si/c1-27(2)53(28(3)4,29(5)6)51-17-16-35-34(15-14-32(45)18-30(7)19-33-24-44-42(9,10)52-33)38(46)23-43(11)37-20-31(8)21-39(49-25-47-12)36(37)22-40(41(35)43)50-26-48-13/h21,27-30,33,36-37,39-41,44H,14-20,22-26H2,1-13H3/t30-,33-,36+,37-,39+,40-,41+,43+/m1/s1. The predicted octanol–water partition coefficient (Wildman–Crippen LogP) is 8.91. The molecule has 0 unspecified atom stereocenters. The molecule has 0 aromatic rings. The normalized spacial score (nSPS) is 30.9. The van der Waals surface area contributed by atoms with Gasteiger partial charge in [0.2, 0.25) is 0 Å².